The topological polar surface area (TPSA) is 42.3 Å². The standard InChI is InChI=1S/C21H16Cl2N2O2/c22-17-7-5-15(18(23)11-17)12-24-13-16(6-8-20(24)26)21(27)25-10-9-14-3-1-2-4-19(14)25/h1-8,11,13H,9-10,12H2. The molecule has 0 aliphatic carbocycles. The summed E-state index contributed by atoms with van der Waals surface area (Å²) in [5, 5.41) is 1.02. The van der Waals surface area contributed by atoms with Crippen LogP contribution in [0.2, 0.25) is 10.0 Å². The number of carbonyl (C=O) groups is 1. The number of fused-ring (bicyclic) bond motifs is 1. The number of amides is 1. The van der Waals surface area contributed by atoms with Crippen LogP contribution in [-0.4, -0.2) is 17.0 Å². The number of benzene rings is 2. The third-order valence-electron chi connectivity index (χ3n) is 4.72. The number of anilines is 1. The Hall–Kier alpha value is -2.56. The Morgan fingerprint density at radius 3 is 2.67 bits per heavy atom. The van der Waals surface area contributed by atoms with Gasteiger partial charge in [0.15, 0.2) is 0 Å². The summed E-state index contributed by atoms with van der Waals surface area (Å²) in [4.78, 5) is 27.0. The van der Waals surface area contributed by atoms with E-state index in [4.69, 9.17) is 23.2 Å². The molecule has 0 saturated carbocycles. The molecule has 2 heterocycles. The summed E-state index contributed by atoms with van der Waals surface area (Å²) < 4.78 is 1.49. The van der Waals surface area contributed by atoms with E-state index in [9.17, 15) is 9.59 Å². The molecule has 0 radical (unpaired) electrons. The van der Waals surface area contributed by atoms with Gasteiger partial charge in [-0.1, -0.05) is 47.5 Å². The molecule has 136 valence electrons. The minimum Gasteiger partial charge on any atom is -0.310 e. The second-order valence-electron chi connectivity index (χ2n) is 6.46. The fourth-order valence-corrected chi connectivity index (χ4v) is 3.79. The lowest BCUT2D eigenvalue weighted by molar-refractivity contribution is 0.0988. The van der Waals surface area contributed by atoms with Crippen LogP contribution in [0.1, 0.15) is 21.5 Å². The number of halogens is 2. The van der Waals surface area contributed by atoms with E-state index in [1.165, 1.54) is 10.6 Å². The minimum atomic E-state index is -0.195. The van der Waals surface area contributed by atoms with Crippen molar-refractivity contribution >= 4 is 34.8 Å². The molecule has 6 heteroatoms. The molecule has 4 rings (SSSR count). The predicted octanol–water partition coefficient (Wildman–Crippen LogP) is 4.41. The van der Waals surface area contributed by atoms with Crippen LogP contribution in [0.15, 0.2) is 65.6 Å². The van der Waals surface area contributed by atoms with Gasteiger partial charge in [0, 0.05) is 34.5 Å². The van der Waals surface area contributed by atoms with Crippen molar-refractivity contribution < 1.29 is 4.79 Å². The predicted molar refractivity (Wildman–Crippen MR) is 108 cm³/mol. The monoisotopic (exact) mass is 398 g/mol. The van der Waals surface area contributed by atoms with Crippen molar-refractivity contribution in [3.05, 3.63) is 97.9 Å². The lowest BCUT2D eigenvalue weighted by atomic mass is 10.1. The highest BCUT2D eigenvalue weighted by molar-refractivity contribution is 6.35. The average Bonchev–Trinajstić information content (AvgIpc) is 3.09. The van der Waals surface area contributed by atoms with E-state index < -0.39 is 0 Å². The SMILES string of the molecule is O=C(c1ccc(=O)n(Cc2ccc(Cl)cc2Cl)c1)N1CCc2ccccc21. The summed E-state index contributed by atoms with van der Waals surface area (Å²) in [7, 11) is 0. The molecule has 2 aromatic carbocycles. The fraction of sp³-hybridized carbons (Fsp3) is 0.143. The molecule has 0 saturated heterocycles. The Bertz CT molecular complexity index is 1090. The Morgan fingerprint density at radius 1 is 1.04 bits per heavy atom. The van der Waals surface area contributed by atoms with E-state index in [1.807, 2.05) is 24.3 Å². The first-order valence-corrected chi connectivity index (χ1v) is 9.33. The molecular weight excluding hydrogens is 383 g/mol. The van der Waals surface area contributed by atoms with Crippen LogP contribution in [0.3, 0.4) is 0 Å². The van der Waals surface area contributed by atoms with Crippen LogP contribution in [0.5, 0.6) is 0 Å². The largest absolute Gasteiger partial charge is 0.310 e. The number of pyridine rings is 1. The van der Waals surface area contributed by atoms with E-state index in [1.54, 1.807) is 35.4 Å². The number of aromatic nitrogens is 1. The van der Waals surface area contributed by atoms with Crippen molar-refractivity contribution in [1.82, 2.24) is 4.57 Å². The molecular formula is C21H16Cl2N2O2. The van der Waals surface area contributed by atoms with Crippen molar-refractivity contribution in [3.63, 3.8) is 0 Å². The van der Waals surface area contributed by atoms with Gasteiger partial charge in [0.2, 0.25) is 0 Å². The zero-order valence-electron chi connectivity index (χ0n) is 14.4. The molecule has 0 fully saturated rings. The van der Waals surface area contributed by atoms with Gasteiger partial charge in [-0.3, -0.25) is 9.59 Å². The highest BCUT2D eigenvalue weighted by Crippen LogP contribution is 2.28. The molecule has 0 unspecified atom stereocenters. The second kappa shape index (κ2) is 7.22. The zero-order valence-corrected chi connectivity index (χ0v) is 15.9. The highest BCUT2D eigenvalue weighted by atomic mass is 35.5. The van der Waals surface area contributed by atoms with Gasteiger partial charge in [-0.2, -0.15) is 0 Å². The average molecular weight is 399 g/mol. The molecule has 0 bridgehead atoms. The smallest absolute Gasteiger partial charge is 0.259 e. The molecule has 27 heavy (non-hydrogen) atoms. The first-order valence-electron chi connectivity index (χ1n) is 8.57. The van der Waals surface area contributed by atoms with Gasteiger partial charge in [0.1, 0.15) is 0 Å². The number of hydrogen-bond donors (Lipinski definition) is 0. The first-order chi connectivity index (χ1) is 13.0. The molecule has 1 amide bonds. The summed E-state index contributed by atoms with van der Waals surface area (Å²) in [5.74, 6) is -0.115. The Balaban J connectivity index is 1.65. The lowest BCUT2D eigenvalue weighted by Gasteiger charge is -2.18. The van der Waals surface area contributed by atoms with Gasteiger partial charge in [0.25, 0.3) is 11.5 Å². The lowest BCUT2D eigenvalue weighted by Crippen LogP contribution is -2.30. The molecule has 3 aromatic rings. The van der Waals surface area contributed by atoms with Crippen LogP contribution in [0.4, 0.5) is 5.69 Å². The van der Waals surface area contributed by atoms with Crippen LogP contribution < -0.4 is 10.5 Å². The maximum Gasteiger partial charge on any atom is 0.259 e. The summed E-state index contributed by atoms with van der Waals surface area (Å²) in [5.41, 5.74) is 3.13. The Labute approximate surface area is 166 Å². The Morgan fingerprint density at radius 2 is 1.85 bits per heavy atom. The van der Waals surface area contributed by atoms with Crippen molar-refractivity contribution in [3.8, 4) is 0 Å². The number of para-hydroxylation sites is 1. The van der Waals surface area contributed by atoms with Gasteiger partial charge >= 0.3 is 0 Å². The molecule has 1 aliphatic rings. The van der Waals surface area contributed by atoms with E-state index >= 15 is 0 Å². The van der Waals surface area contributed by atoms with Crippen LogP contribution in [-0.2, 0) is 13.0 Å². The van der Waals surface area contributed by atoms with Crippen molar-refractivity contribution in [2.75, 3.05) is 11.4 Å². The van der Waals surface area contributed by atoms with Gasteiger partial charge in [-0.25, -0.2) is 0 Å². The summed E-state index contributed by atoms with van der Waals surface area (Å²) >= 11 is 12.1. The van der Waals surface area contributed by atoms with Crippen molar-refractivity contribution in [2.45, 2.75) is 13.0 Å². The first kappa shape index (κ1) is 17.8. The fourth-order valence-electron chi connectivity index (χ4n) is 3.32. The number of nitrogens with zero attached hydrogens (tertiary/aromatic N) is 2. The van der Waals surface area contributed by atoms with Gasteiger partial charge in [-0.05, 0) is 41.8 Å². The number of carbonyl (C=O) groups excluding carboxylic acids is 1. The second-order valence-corrected chi connectivity index (χ2v) is 7.30. The molecule has 4 nitrogen and oxygen atoms in total. The van der Waals surface area contributed by atoms with Crippen molar-refractivity contribution in [2.24, 2.45) is 0 Å². The highest BCUT2D eigenvalue weighted by Gasteiger charge is 2.25. The summed E-state index contributed by atoms with van der Waals surface area (Å²) in [6, 6.07) is 16.0. The maximum atomic E-state index is 13.0. The third kappa shape index (κ3) is 3.51. The Kier molecular flexibility index (Phi) is 4.77. The maximum absolute atomic E-state index is 13.0. The third-order valence-corrected chi connectivity index (χ3v) is 5.31. The van der Waals surface area contributed by atoms with E-state index in [-0.39, 0.29) is 18.0 Å². The molecule has 0 atom stereocenters. The number of rotatable bonds is 3. The van der Waals surface area contributed by atoms with Crippen LogP contribution in [0, 0.1) is 0 Å². The molecule has 0 spiro atoms. The summed E-state index contributed by atoms with van der Waals surface area (Å²) in [6.45, 7) is 0.910. The van der Waals surface area contributed by atoms with Crippen molar-refractivity contribution in [1.29, 1.82) is 0 Å². The zero-order chi connectivity index (χ0) is 19.0. The van der Waals surface area contributed by atoms with Crippen LogP contribution >= 0.6 is 23.2 Å². The number of hydrogen-bond acceptors (Lipinski definition) is 2. The molecule has 1 aliphatic heterocycles. The summed E-state index contributed by atoms with van der Waals surface area (Å²) in [6.07, 6.45) is 2.43. The van der Waals surface area contributed by atoms with E-state index in [2.05, 4.69) is 0 Å². The minimum absolute atomic E-state index is 0.115. The van der Waals surface area contributed by atoms with E-state index in [0.29, 0.717) is 22.2 Å². The van der Waals surface area contributed by atoms with Gasteiger partial charge in [-0.15, -0.1) is 0 Å². The van der Waals surface area contributed by atoms with E-state index in [0.717, 1.165) is 23.2 Å². The van der Waals surface area contributed by atoms with Gasteiger partial charge < -0.3 is 9.47 Å². The van der Waals surface area contributed by atoms with Crippen LogP contribution in [0.25, 0.3) is 0 Å². The normalized spacial score (nSPS) is 12.9. The molecule has 0 N–H and O–H groups in total. The molecule has 1 aromatic heterocycles. The quantitative estimate of drug-likeness (QED) is 0.655. The van der Waals surface area contributed by atoms with Gasteiger partial charge in [0.05, 0.1) is 12.1 Å².